The Balaban J connectivity index is 1.45. The Labute approximate surface area is 289 Å². The molecule has 3 aliphatic rings. The van der Waals surface area contributed by atoms with E-state index in [0.717, 1.165) is 89.3 Å². The average molecular weight is 640 g/mol. The monoisotopic (exact) mass is 639 g/mol. The maximum absolute atomic E-state index is 10.6. The van der Waals surface area contributed by atoms with Gasteiger partial charge in [-0.05, 0) is 64.8 Å². The van der Waals surface area contributed by atoms with E-state index in [2.05, 4.69) is 131 Å². The van der Waals surface area contributed by atoms with Gasteiger partial charge in [-0.15, -0.1) is 0 Å². The van der Waals surface area contributed by atoms with Crippen molar-refractivity contribution in [3.63, 3.8) is 0 Å². The average Bonchev–Trinajstić information content (AvgIpc) is 4.00. The Kier molecular flexibility index (Phi) is 7.11. The van der Waals surface area contributed by atoms with Gasteiger partial charge in [0.1, 0.15) is 11.8 Å². The number of H-pyrrole nitrogens is 2. The highest BCUT2D eigenvalue weighted by atomic mass is 14.8. The third-order valence-corrected chi connectivity index (χ3v) is 9.25. The van der Waals surface area contributed by atoms with Gasteiger partial charge in [0.05, 0.1) is 22.8 Å². The summed E-state index contributed by atoms with van der Waals surface area (Å²) in [5.74, 6) is 0. The fourth-order valence-corrected chi connectivity index (χ4v) is 7.03. The van der Waals surface area contributed by atoms with Gasteiger partial charge in [0, 0.05) is 44.2 Å². The second-order valence-electron chi connectivity index (χ2n) is 12.3. The van der Waals surface area contributed by atoms with Crippen LogP contribution in [0.4, 0.5) is 0 Å². The van der Waals surface area contributed by atoms with E-state index in [-0.39, 0.29) is 0 Å². The van der Waals surface area contributed by atoms with Gasteiger partial charge in [0.25, 0.3) is 0 Å². The van der Waals surface area contributed by atoms with Crippen molar-refractivity contribution < 1.29 is 0 Å². The number of aromatic nitrogens is 2. The van der Waals surface area contributed by atoms with Gasteiger partial charge in [-0.25, -0.2) is 9.98 Å². The summed E-state index contributed by atoms with van der Waals surface area (Å²) in [5.41, 5.74) is 13.2. The molecule has 0 saturated heterocycles. The molecule has 0 radical (unpaired) electrons. The molecule has 5 nitrogen and oxygen atoms in total. The summed E-state index contributed by atoms with van der Waals surface area (Å²) >= 11 is 0. The summed E-state index contributed by atoms with van der Waals surface area (Å²) in [7, 11) is 0. The maximum Gasteiger partial charge on any atom is 0.126 e. The molecule has 0 aliphatic carbocycles. The number of benzene rings is 4. The largest absolute Gasteiger partial charge is 0.354 e. The lowest BCUT2D eigenvalue weighted by Gasteiger charge is -2.11. The van der Waals surface area contributed by atoms with E-state index in [1.165, 1.54) is 0 Å². The normalized spacial score (nSPS) is 15.0. The number of nitriles is 1. The topological polar surface area (TPSA) is 80.1 Å². The molecule has 0 amide bonds. The van der Waals surface area contributed by atoms with Crippen LogP contribution in [0, 0.1) is 11.3 Å². The molecule has 9 rings (SSSR count). The van der Waals surface area contributed by atoms with Crippen molar-refractivity contribution in [2.75, 3.05) is 0 Å². The number of hydrogen-bond acceptors (Lipinski definition) is 3. The smallest absolute Gasteiger partial charge is 0.126 e. The molecule has 0 spiro atoms. The standard InChI is InChI=1S/C45H29N5/c46-28-41-33-27-40(50-41)45(32-19-11-4-12-20-32)39-26-25-38(49-39)44(31-17-9-3-10-18-31)37-24-23-36(48-37)43(30-15-7-2-8-16-30)35-22-21-34(47-35)42(33)29-13-5-1-6-14-29/h1-27,48,50H. The Hall–Kier alpha value is -7.03. The lowest BCUT2D eigenvalue weighted by Crippen LogP contribution is -2.21. The minimum Gasteiger partial charge on any atom is -0.354 e. The van der Waals surface area contributed by atoms with Crippen molar-refractivity contribution in [1.82, 2.24) is 9.97 Å². The van der Waals surface area contributed by atoms with Crippen LogP contribution in [-0.2, 0) is 0 Å². The van der Waals surface area contributed by atoms with Crippen LogP contribution in [0.25, 0.3) is 22.3 Å². The summed E-state index contributed by atoms with van der Waals surface area (Å²) in [5, 5.41) is 12.5. The molecular formula is C45H29N5. The minimum absolute atomic E-state index is 0.463. The second kappa shape index (κ2) is 12.2. The minimum atomic E-state index is 0.463. The Morgan fingerprint density at radius 1 is 0.440 bits per heavy atom. The molecule has 0 unspecified atom stereocenters. The first-order chi connectivity index (χ1) is 24.7. The summed E-state index contributed by atoms with van der Waals surface area (Å²) in [6.07, 6.45) is 8.29. The third-order valence-electron chi connectivity index (χ3n) is 9.25. The Bertz CT molecular complexity index is 2660. The predicted octanol–water partition coefficient (Wildman–Crippen LogP) is 7.87. The molecule has 0 saturated carbocycles. The number of rotatable bonds is 4. The number of aromatic amines is 2. The number of allylic oxidation sites excluding steroid dienone is 4. The summed E-state index contributed by atoms with van der Waals surface area (Å²) < 4.78 is 0. The van der Waals surface area contributed by atoms with Crippen LogP contribution in [0.3, 0.4) is 0 Å². The van der Waals surface area contributed by atoms with E-state index < -0.39 is 0 Å². The lowest BCUT2D eigenvalue weighted by atomic mass is 9.94. The van der Waals surface area contributed by atoms with Crippen LogP contribution in [0.15, 0.2) is 185 Å². The van der Waals surface area contributed by atoms with Crippen LogP contribution >= 0.6 is 0 Å². The highest BCUT2D eigenvalue weighted by Gasteiger charge is 2.25. The zero-order valence-electron chi connectivity index (χ0n) is 26.9. The van der Waals surface area contributed by atoms with E-state index in [1.54, 1.807) is 0 Å². The molecule has 8 bridgehead atoms. The predicted molar refractivity (Wildman–Crippen MR) is 202 cm³/mol. The number of nitrogens with zero attached hydrogens (tertiary/aromatic N) is 3. The second-order valence-corrected chi connectivity index (χ2v) is 12.3. The molecular weight excluding hydrogens is 611 g/mol. The highest BCUT2D eigenvalue weighted by molar-refractivity contribution is 6.31. The van der Waals surface area contributed by atoms with E-state index in [0.29, 0.717) is 5.69 Å². The zero-order valence-corrected chi connectivity index (χ0v) is 26.9. The summed E-state index contributed by atoms with van der Waals surface area (Å²) in [6.45, 7) is 0. The molecule has 5 heterocycles. The molecule has 2 N–H and O–H groups in total. The number of nitrogens with one attached hydrogen (secondary N) is 2. The van der Waals surface area contributed by atoms with Crippen molar-refractivity contribution in [3.05, 3.63) is 225 Å². The summed E-state index contributed by atoms with van der Waals surface area (Å²) in [6, 6.07) is 50.0. The Morgan fingerprint density at radius 3 is 1.32 bits per heavy atom. The van der Waals surface area contributed by atoms with Crippen LogP contribution in [0.5, 0.6) is 0 Å². The molecule has 4 aromatic carbocycles. The van der Waals surface area contributed by atoms with Crippen LogP contribution in [0.2, 0.25) is 0 Å². The fourth-order valence-electron chi connectivity index (χ4n) is 7.03. The van der Waals surface area contributed by atoms with Gasteiger partial charge >= 0.3 is 0 Å². The molecule has 50 heavy (non-hydrogen) atoms. The van der Waals surface area contributed by atoms with E-state index >= 15 is 0 Å². The fraction of sp³-hybridized carbons (Fsp3) is 0. The van der Waals surface area contributed by atoms with Crippen molar-refractivity contribution in [1.29, 1.82) is 5.26 Å². The van der Waals surface area contributed by atoms with Crippen LogP contribution in [0.1, 0.15) is 39.2 Å². The molecule has 2 aromatic heterocycles. The number of aliphatic imine (C=N–C) groups is 2. The molecule has 5 heteroatoms. The molecule has 234 valence electrons. The zero-order chi connectivity index (χ0) is 33.4. The van der Waals surface area contributed by atoms with Crippen LogP contribution in [-0.4, -0.2) is 21.4 Å². The molecule has 0 fully saturated rings. The van der Waals surface area contributed by atoms with Crippen molar-refractivity contribution >= 4 is 33.7 Å². The van der Waals surface area contributed by atoms with Gasteiger partial charge in [0.15, 0.2) is 0 Å². The first-order valence-electron chi connectivity index (χ1n) is 16.6. The molecule has 3 aliphatic heterocycles. The van der Waals surface area contributed by atoms with Gasteiger partial charge in [-0.1, -0.05) is 121 Å². The van der Waals surface area contributed by atoms with Gasteiger partial charge in [0.2, 0.25) is 0 Å². The van der Waals surface area contributed by atoms with Crippen LogP contribution < -0.4 is 10.7 Å². The lowest BCUT2D eigenvalue weighted by molar-refractivity contribution is 1.25. The maximum atomic E-state index is 10.6. The van der Waals surface area contributed by atoms with E-state index in [4.69, 9.17) is 9.98 Å². The first-order valence-corrected chi connectivity index (χ1v) is 16.6. The third kappa shape index (κ3) is 5.04. The number of hydrogen-bond donors (Lipinski definition) is 2. The van der Waals surface area contributed by atoms with Gasteiger partial charge < -0.3 is 9.97 Å². The molecule has 0 atom stereocenters. The van der Waals surface area contributed by atoms with E-state index in [9.17, 15) is 5.26 Å². The summed E-state index contributed by atoms with van der Waals surface area (Å²) in [4.78, 5) is 17.9. The first kappa shape index (κ1) is 29.1. The van der Waals surface area contributed by atoms with Gasteiger partial charge in [-0.3, -0.25) is 0 Å². The SMILES string of the molecule is N#Cc1[nH]c2cc1C(c1ccccc1)=C1C=CC(=N1)C(c1ccccc1)=c1ccc([nH]1)=C(c1ccccc1)C1=NC(=C2c2ccccc2)C=C1. The number of fused-ring (bicyclic) bond motifs is 6. The van der Waals surface area contributed by atoms with Crippen molar-refractivity contribution in [2.45, 2.75) is 0 Å². The van der Waals surface area contributed by atoms with Gasteiger partial charge in [-0.2, -0.15) is 5.26 Å². The Morgan fingerprint density at radius 2 is 0.860 bits per heavy atom. The molecule has 6 aromatic rings. The highest BCUT2D eigenvalue weighted by Crippen LogP contribution is 2.38. The van der Waals surface area contributed by atoms with Crippen molar-refractivity contribution in [2.24, 2.45) is 9.98 Å². The quantitative estimate of drug-likeness (QED) is 0.202. The van der Waals surface area contributed by atoms with E-state index in [1.807, 2.05) is 48.5 Å². The van der Waals surface area contributed by atoms with Crippen molar-refractivity contribution in [3.8, 4) is 6.07 Å².